The second-order valence-electron chi connectivity index (χ2n) is 9.17. The maximum Gasteiger partial charge on any atom is 0.229 e. The zero-order chi connectivity index (χ0) is 23.4. The summed E-state index contributed by atoms with van der Waals surface area (Å²) < 4.78 is 27.1. The number of aromatic nitrogens is 2. The predicted octanol–water partition coefficient (Wildman–Crippen LogP) is 1.52. The van der Waals surface area contributed by atoms with Crippen molar-refractivity contribution in [2.24, 2.45) is 0 Å². The van der Waals surface area contributed by atoms with Crippen LogP contribution < -0.4 is 10.2 Å². The minimum atomic E-state index is -3.56. The van der Waals surface area contributed by atoms with Gasteiger partial charge in [0.05, 0.1) is 5.75 Å². The molecular formula is C22H34N6O4S. The van der Waals surface area contributed by atoms with Gasteiger partial charge in [0.1, 0.15) is 5.82 Å². The third-order valence-electron chi connectivity index (χ3n) is 6.69. The molecule has 0 spiro atoms. The Labute approximate surface area is 195 Å². The Morgan fingerprint density at radius 2 is 1.64 bits per heavy atom. The number of nitrogens with zero attached hydrogens (tertiary/aromatic N) is 5. The highest BCUT2D eigenvalue weighted by Gasteiger charge is 2.31. The molecule has 2 aliphatic heterocycles. The van der Waals surface area contributed by atoms with E-state index in [1.54, 1.807) is 0 Å². The van der Waals surface area contributed by atoms with E-state index in [1.165, 1.54) is 23.6 Å². The normalized spacial score (nSPS) is 21.5. The summed E-state index contributed by atoms with van der Waals surface area (Å²) in [4.78, 5) is 36.3. The van der Waals surface area contributed by atoms with Crippen molar-refractivity contribution in [3.63, 3.8) is 0 Å². The molecule has 10 nitrogen and oxygen atoms in total. The highest BCUT2D eigenvalue weighted by molar-refractivity contribution is 7.89. The van der Waals surface area contributed by atoms with Crippen LogP contribution >= 0.6 is 0 Å². The van der Waals surface area contributed by atoms with E-state index in [0.717, 1.165) is 29.3 Å². The second kappa shape index (κ2) is 10.3. The molecule has 3 heterocycles. The third kappa shape index (κ3) is 6.00. The van der Waals surface area contributed by atoms with Crippen LogP contribution in [-0.2, 0) is 19.6 Å². The van der Waals surface area contributed by atoms with Crippen LogP contribution in [0.5, 0.6) is 0 Å². The van der Waals surface area contributed by atoms with Crippen molar-refractivity contribution < 1.29 is 18.0 Å². The van der Waals surface area contributed by atoms with Gasteiger partial charge in [0.2, 0.25) is 27.8 Å². The summed E-state index contributed by atoms with van der Waals surface area (Å²) in [6.45, 7) is 3.63. The van der Waals surface area contributed by atoms with Gasteiger partial charge in [-0.1, -0.05) is 19.3 Å². The predicted molar refractivity (Wildman–Crippen MR) is 125 cm³/mol. The molecule has 0 atom stereocenters. The zero-order valence-corrected chi connectivity index (χ0v) is 20.1. The van der Waals surface area contributed by atoms with Gasteiger partial charge >= 0.3 is 0 Å². The van der Waals surface area contributed by atoms with Crippen molar-refractivity contribution in [1.29, 1.82) is 0 Å². The van der Waals surface area contributed by atoms with Gasteiger partial charge in [-0.05, 0) is 26.2 Å². The molecule has 2 saturated heterocycles. The molecule has 0 aromatic carbocycles. The lowest BCUT2D eigenvalue weighted by molar-refractivity contribution is -0.147. The van der Waals surface area contributed by atoms with Gasteiger partial charge in [-0.15, -0.1) is 0 Å². The number of likely N-dealkylation sites (tertiary alicyclic amines) is 1. The Hall–Kier alpha value is -2.27. The quantitative estimate of drug-likeness (QED) is 0.587. The number of piperazine rings is 1. The number of hydrogen-bond acceptors (Lipinski definition) is 8. The van der Waals surface area contributed by atoms with E-state index in [9.17, 15) is 18.0 Å². The molecule has 3 fully saturated rings. The molecule has 182 valence electrons. The molecule has 1 aromatic rings. The van der Waals surface area contributed by atoms with Crippen molar-refractivity contribution >= 4 is 33.6 Å². The average Bonchev–Trinajstić information content (AvgIpc) is 2.79. The fourth-order valence-corrected chi connectivity index (χ4v) is 6.18. The van der Waals surface area contributed by atoms with Gasteiger partial charge in [0, 0.05) is 63.4 Å². The summed E-state index contributed by atoms with van der Waals surface area (Å²) in [6, 6.07) is 2.35. The lowest BCUT2D eigenvalue weighted by atomic mass is 9.96. The van der Waals surface area contributed by atoms with Crippen LogP contribution in [0.2, 0.25) is 0 Å². The Kier molecular flexibility index (Phi) is 7.48. The first-order valence-electron chi connectivity index (χ1n) is 12.0. The van der Waals surface area contributed by atoms with Crippen LogP contribution in [0.15, 0.2) is 6.07 Å². The van der Waals surface area contributed by atoms with E-state index < -0.39 is 10.0 Å². The number of amides is 2. The number of sulfonamides is 1. The zero-order valence-electron chi connectivity index (χ0n) is 19.3. The van der Waals surface area contributed by atoms with Gasteiger partial charge in [0.25, 0.3) is 0 Å². The van der Waals surface area contributed by atoms with Crippen LogP contribution in [0.3, 0.4) is 0 Å². The van der Waals surface area contributed by atoms with Crippen molar-refractivity contribution in [1.82, 2.24) is 19.2 Å². The Balaban J connectivity index is 1.33. The molecular weight excluding hydrogens is 444 g/mol. The number of carbonyl (C=O) groups excluding carboxylic acids is 2. The summed E-state index contributed by atoms with van der Waals surface area (Å²) in [5.74, 6) is 0.670. The van der Waals surface area contributed by atoms with Gasteiger partial charge in [0.15, 0.2) is 0 Å². The summed E-state index contributed by atoms with van der Waals surface area (Å²) in [5, 5.41) is 3.47. The number of aryl methyl sites for hydroxylation is 1. The Bertz CT molecular complexity index is 955. The lowest BCUT2D eigenvalue weighted by Gasteiger charge is -2.35. The smallest absolute Gasteiger partial charge is 0.229 e. The molecule has 1 aromatic heterocycles. The summed E-state index contributed by atoms with van der Waals surface area (Å²) in [7, 11) is -3.56. The molecule has 1 saturated carbocycles. The van der Waals surface area contributed by atoms with Crippen molar-refractivity contribution in [3.05, 3.63) is 11.8 Å². The maximum atomic E-state index is 12.8. The highest BCUT2D eigenvalue weighted by atomic mass is 32.2. The Morgan fingerprint density at radius 1 is 0.970 bits per heavy atom. The number of rotatable bonds is 7. The number of carbonyl (C=O) groups is 2. The van der Waals surface area contributed by atoms with Crippen LogP contribution in [0.1, 0.15) is 57.1 Å². The summed E-state index contributed by atoms with van der Waals surface area (Å²) in [6.07, 6.45) is 7.18. The standard InChI is InChI=1S/C22H34N6O4S/c1-17-16-19(25-22(23-17)24-18-6-3-2-4-7-18)26-10-12-27(13-11-26)33(31,32)15-14-28-20(29)8-5-9-21(28)30/h16,18H,2-15H2,1H3,(H,23,24,25). The first-order chi connectivity index (χ1) is 15.8. The van der Waals surface area contributed by atoms with E-state index in [4.69, 9.17) is 4.98 Å². The SMILES string of the molecule is Cc1cc(N2CCN(S(=O)(=O)CCN3C(=O)CCCC3=O)CC2)nc(NC2CCCCC2)n1. The summed E-state index contributed by atoms with van der Waals surface area (Å²) in [5.41, 5.74) is 0.879. The van der Waals surface area contributed by atoms with Crippen LogP contribution in [0, 0.1) is 6.92 Å². The first-order valence-corrected chi connectivity index (χ1v) is 13.6. The molecule has 2 amide bonds. The molecule has 0 bridgehead atoms. The minimum Gasteiger partial charge on any atom is -0.354 e. The maximum absolute atomic E-state index is 12.8. The first kappa shape index (κ1) is 23.9. The van der Waals surface area contributed by atoms with Gasteiger partial charge in [-0.25, -0.2) is 13.4 Å². The molecule has 4 rings (SSSR count). The van der Waals surface area contributed by atoms with Crippen molar-refractivity contribution in [2.75, 3.05) is 48.7 Å². The third-order valence-corrected chi connectivity index (χ3v) is 8.54. The topological polar surface area (TPSA) is 116 Å². The van der Waals surface area contributed by atoms with Crippen molar-refractivity contribution in [2.45, 2.75) is 64.3 Å². The van der Waals surface area contributed by atoms with E-state index >= 15 is 0 Å². The average molecular weight is 479 g/mol. The molecule has 1 aliphatic carbocycles. The summed E-state index contributed by atoms with van der Waals surface area (Å²) >= 11 is 0. The molecule has 1 N–H and O–H groups in total. The van der Waals surface area contributed by atoms with Crippen LogP contribution in [0.25, 0.3) is 0 Å². The molecule has 0 radical (unpaired) electrons. The lowest BCUT2D eigenvalue weighted by Crippen LogP contribution is -2.51. The number of piperidine rings is 1. The molecule has 3 aliphatic rings. The number of imide groups is 1. The molecule has 11 heteroatoms. The van der Waals surface area contributed by atoms with Crippen LogP contribution in [0.4, 0.5) is 11.8 Å². The number of hydrogen-bond donors (Lipinski definition) is 1. The van der Waals surface area contributed by atoms with E-state index in [1.807, 2.05) is 13.0 Å². The second-order valence-corrected chi connectivity index (χ2v) is 11.3. The van der Waals surface area contributed by atoms with E-state index in [-0.39, 0.29) is 24.1 Å². The van der Waals surface area contributed by atoms with Gasteiger partial charge in [-0.3, -0.25) is 14.5 Å². The monoisotopic (exact) mass is 478 g/mol. The van der Waals surface area contributed by atoms with Crippen molar-refractivity contribution in [3.8, 4) is 0 Å². The fraction of sp³-hybridized carbons (Fsp3) is 0.727. The van der Waals surface area contributed by atoms with Gasteiger partial charge in [-0.2, -0.15) is 9.29 Å². The molecule has 0 unspecified atom stereocenters. The molecule has 33 heavy (non-hydrogen) atoms. The largest absolute Gasteiger partial charge is 0.354 e. The van der Waals surface area contributed by atoms with Crippen LogP contribution in [-0.4, -0.2) is 83.9 Å². The minimum absolute atomic E-state index is 0.0679. The highest BCUT2D eigenvalue weighted by Crippen LogP contribution is 2.23. The van der Waals surface area contributed by atoms with E-state index in [2.05, 4.69) is 15.2 Å². The number of anilines is 2. The Morgan fingerprint density at radius 3 is 2.30 bits per heavy atom. The fourth-order valence-electron chi connectivity index (χ4n) is 4.79. The number of nitrogens with one attached hydrogen (secondary N) is 1. The van der Waals surface area contributed by atoms with E-state index in [0.29, 0.717) is 57.4 Å². The van der Waals surface area contributed by atoms with Gasteiger partial charge < -0.3 is 10.2 Å².